The van der Waals surface area contributed by atoms with Gasteiger partial charge in [0.05, 0.1) is 12.0 Å². The zero-order valence-electron chi connectivity index (χ0n) is 9.68. The van der Waals surface area contributed by atoms with Gasteiger partial charge in [-0.2, -0.15) is 0 Å². The summed E-state index contributed by atoms with van der Waals surface area (Å²) < 4.78 is 5.12. The molecule has 0 aliphatic rings. The van der Waals surface area contributed by atoms with E-state index in [0.29, 0.717) is 0 Å². The molecule has 0 aliphatic heterocycles. The molecule has 0 radical (unpaired) electrons. The monoisotopic (exact) mass is 186 g/mol. The number of hydrogen-bond donors (Lipinski definition) is 0. The molecule has 0 saturated carbocycles. The van der Waals surface area contributed by atoms with Gasteiger partial charge in [0.1, 0.15) is 0 Å². The van der Waals surface area contributed by atoms with E-state index in [1.807, 2.05) is 20.8 Å². The van der Waals surface area contributed by atoms with Crippen molar-refractivity contribution in [2.75, 3.05) is 0 Å². The highest BCUT2D eigenvalue weighted by atomic mass is 16.5. The van der Waals surface area contributed by atoms with Crippen LogP contribution in [0.1, 0.15) is 48.0 Å². The third-order valence-electron chi connectivity index (χ3n) is 1.67. The van der Waals surface area contributed by atoms with Gasteiger partial charge in [-0.3, -0.25) is 4.79 Å². The zero-order valence-corrected chi connectivity index (χ0v) is 9.68. The standard InChI is InChI=1S/C11H22O2/c1-8(2)13-10(12)9(3)7-11(4,5)6/h8-9H,7H2,1-6H3. The Morgan fingerprint density at radius 2 is 1.69 bits per heavy atom. The Kier molecular flexibility index (Phi) is 4.45. The number of rotatable bonds is 3. The van der Waals surface area contributed by atoms with Crippen molar-refractivity contribution in [3.8, 4) is 0 Å². The minimum atomic E-state index is -0.0788. The van der Waals surface area contributed by atoms with E-state index in [1.54, 1.807) is 0 Å². The van der Waals surface area contributed by atoms with Gasteiger partial charge >= 0.3 is 5.97 Å². The molecule has 0 bridgehead atoms. The van der Waals surface area contributed by atoms with Crippen molar-refractivity contribution in [3.63, 3.8) is 0 Å². The fourth-order valence-corrected chi connectivity index (χ4v) is 1.35. The van der Waals surface area contributed by atoms with Crippen LogP contribution in [0.15, 0.2) is 0 Å². The first-order valence-corrected chi connectivity index (χ1v) is 4.93. The van der Waals surface area contributed by atoms with Crippen molar-refractivity contribution in [1.82, 2.24) is 0 Å². The molecule has 0 N–H and O–H groups in total. The van der Waals surface area contributed by atoms with Gasteiger partial charge in [-0.15, -0.1) is 0 Å². The molecular weight excluding hydrogens is 164 g/mol. The number of carbonyl (C=O) groups is 1. The predicted molar refractivity (Wildman–Crippen MR) is 54.5 cm³/mol. The second kappa shape index (κ2) is 4.64. The smallest absolute Gasteiger partial charge is 0.308 e. The third kappa shape index (κ3) is 6.62. The van der Waals surface area contributed by atoms with Crippen LogP contribution in [-0.2, 0) is 9.53 Å². The molecule has 0 saturated heterocycles. The Balaban J connectivity index is 3.97. The predicted octanol–water partition coefficient (Wildman–Crippen LogP) is 3.01. The molecule has 0 rings (SSSR count). The second-order valence-corrected chi connectivity index (χ2v) is 5.15. The summed E-state index contributed by atoms with van der Waals surface area (Å²) in [5, 5.41) is 0. The van der Waals surface area contributed by atoms with Crippen LogP contribution in [0, 0.1) is 11.3 Å². The van der Waals surface area contributed by atoms with E-state index in [-0.39, 0.29) is 23.4 Å². The molecule has 0 aromatic carbocycles. The molecule has 78 valence electrons. The van der Waals surface area contributed by atoms with Crippen LogP contribution in [0.5, 0.6) is 0 Å². The van der Waals surface area contributed by atoms with Crippen molar-refractivity contribution < 1.29 is 9.53 Å². The molecule has 0 amide bonds. The van der Waals surface area contributed by atoms with Crippen LogP contribution < -0.4 is 0 Å². The van der Waals surface area contributed by atoms with E-state index < -0.39 is 0 Å². The minimum absolute atomic E-state index is 0.00222. The lowest BCUT2D eigenvalue weighted by atomic mass is 9.85. The van der Waals surface area contributed by atoms with Crippen molar-refractivity contribution in [3.05, 3.63) is 0 Å². The number of esters is 1. The van der Waals surface area contributed by atoms with Gasteiger partial charge in [0.2, 0.25) is 0 Å². The minimum Gasteiger partial charge on any atom is -0.463 e. The highest BCUT2D eigenvalue weighted by Gasteiger charge is 2.22. The Morgan fingerprint density at radius 1 is 1.23 bits per heavy atom. The highest BCUT2D eigenvalue weighted by Crippen LogP contribution is 2.24. The summed E-state index contributed by atoms with van der Waals surface area (Å²) in [5.41, 5.74) is 0.190. The van der Waals surface area contributed by atoms with E-state index in [0.717, 1.165) is 6.42 Å². The van der Waals surface area contributed by atoms with Gasteiger partial charge in [-0.1, -0.05) is 27.7 Å². The lowest BCUT2D eigenvalue weighted by molar-refractivity contribution is -0.152. The zero-order chi connectivity index (χ0) is 10.6. The van der Waals surface area contributed by atoms with Gasteiger partial charge in [0, 0.05) is 0 Å². The number of hydrogen-bond acceptors (Lipinski definition) is 2. The number of ether oxygens (including phenoxy) is 1. The maximum Gasteiger partial charge on any atom is 0.308 e. The van der Waals surface area contributed by atoms with Gasteiger partial charge in [0.25, 0.3) is 0 Å². The molecule has 0 heterocycles. The Morgan fingerprint density at radius 3 is 2.00 bits per heavy atom. The third-order valence-corrected chi connectivity index (χ3v) is 1.67. The van der Waals surface area contributed by atoms with Crippen LogP contribution in [0.3, 0.4) is 0 Å². The molecule has 0 spiro atoms. The van der Waals surface area contributed by atoms with E-state index in [2.05, 4.69) is 20.8 Å². The molecular formula is C11H22O2. The lowest BCUT2D eigenvalue weighted by Crippen LogP contribution is -2.23. The molecule has 13 heavy (non-hydrogen) atoms. The summed E-state index contributed by atoms with van der Waals surface area (Å²) in [6.07, 6.45) is 0.869. The molecule has 0 aliphatic carbocycles. The normalized spacial score (nSPS) is 14.4. The fourth-order valence-electron chi connectivity index (χ4n) is 1.35. The lowest BCUT2D eigenvalue weighted by Gasteiger charge is -2.22. The Hall–Kier alpha value is -0.530. The summed E-state index contributed by atoms with van der Waals surface area (Å²) in [5.74, 6) is -0.0766. The number of carbonyl (C=O) groups excluding carboxylic acids is 1. The average molecular weight is 186 g/mol. The van der Waals surface area contributed by atoms with Gasteiger partial charge < -0.3 is 4.74 Å². The molecule has 1 unspecified atom stereocenters. The first kappa shape index (κ1) is 12.5. The maximum absolute atomic E-state index is 11.4. The molecule has 2 nitrogen and oxygen atoms in total. The molecule has 0 fully saturated rings. The summed E-state index contributed by atoms with van der Waals surface area (Å²) >= 11 is 0. The average Bonchev–Trinajstić information content (AvgIpc) is 1.81. The molecule has 1 atom stereocenters. The van der Waals surface area contributed by atoms with E-state index in [1.165, 1.54) is 0 Å². The van der Waals surface area contributed by atoms with Crippen molar-refractivity contribution in [2.45, 2.75) is 54.1 Å². The van der Waals surface area contributed by atoms with E-state index >= 15 is 0 Å². The van der Waals surface area contributed by atoms with Crippen molar-refractivity contribution >= 4 is 5.97 Å². The summed E-state index contributed by atoms with van der Waals surface area (Å²) in [6.45, 7) is 12.1. The first-order valence-electron chi connectivity index (χ1n) is 4.93. The Bertz CT molecular complexity index is 165. The quantitative estimate of drug-likeness (QED) is 0.633. The Labute approximate surface area is 81.7 Å². The van der Waals surface area contributed by atoms with E-state index in [9.17, 15) is 4.79 Å². The van der Waals surface area contributed by atoms with Crippen LogP contribution in [0.25, 0.3) is 0 Å². The van der Waals surface area contributed by atoms with Crippen molar-refractivity contribution in [1.29, 1.82) is 0 Å². The van der Waals surface area contributed by atoms with Crippen LogP contribution in [-0.4, -0.2) is 12.1 Å². The largest absolute Gasteiger partial charge is 0.463 e. The van der Waals surface area contributed by atoms with Gasteiger partial charge in [0.15, 0.2) is 0 Å². The summed E-state index contributed by atoms with van der Waals surface area (Å²) in [7, 11) is 0. The molecule has 2 heteroatoms. The van der Waals surface area contributed by atoms with Crippen LogP contribution in [0.4, 0.5) is 0 Å². The SMILES string of the molecule is CC(C)OC(=O)C(C)CC(C)(C)C. The first-order chi connectivity index (χ1) is 5.72. The van der Waals surface area contributed by atoms with Crippen molar-refractivity contribution in [2.24, 2.45) is 11.3 Å². The van der Waals surface area contributed by atoms with Crippen LogP contribution >= 0.6 is 0 Å². The second-order valence-electron chi connectivity index (χ2n) is 5.15. The maximum atomic E-state index is 11.4. The summed E-state index contributed by atoms with van der Waals surface area (Å²) in [4.78, 5) is 11.4. The highest BCUT2D eigenvalue weighted by molar-refractivity contribution is 5.72. The van der Waals surface area contributed by atoms with Gasteiger partial charge in [-0.25, -0.2) is 0 Å². The molecule has 0 aromatic heterocycles. The van der Waals surface area contributed by atoms with Crippen LogP contribution in [0.2, 0.25) is 0 Å². The van der Waals surface area contributed by atoms with E-state index in [4.69, 9.17) is 4.74 Å². The van der Waals surface area contributed by atoms with Gasteiger partial charge in [-0.05, 0) is 25.7 Å². The fraction of sp³-hybridized carbons (Fsp3) is 0.909. The summed E-state index contributed by atoms with van der Waals surface area (Å²) in [6, 6.07) is 0. The molecule has 0 aromatic rings. The topological polar surface area (TPSA) is 26.3 Å².